The van der Waals surface area contributed by atoms with Crippen molar-refractivity contribution in [2.24, 2.45) is 0 Å². The normalized spacial score (nSPS) is 16.5. The number of aromatic nitrogens is 4. The van der Waals surface area contributed by atoms with Gasteiger partial charge in [0.1, 0.15) is 12.1 Å². The Kier molecular flexibility index (Phi) is 6.28. The third kappa shape index (κ3) is 4.97. The van der Waals surface area contributed by atoms with Crippen molar-refractivity contribution < 1.29 is 4.79 Å². The van der Waals surface area contributed by atoms with Gasteiger partial charge < -0.3 is 10.2 Å². The van der Waals surface area contributed by atoms with Crippen LogP contribution in [0.15, 0.2) is 49.1 Å². The highest BCUT2D eigenvalue weighted by molar-refractivity contribution is 6.30. The van der Waals surface area contributed by atoms with E-state index in [1.165, 1.54) is 0 Å². The summed E-state index contributed by atoms with van der Waals surface area (Å²) >= 11 is 5.92. The molecule has 1 saturated heterocycles. The zero-order valence-corrected chi connectivity index (χ0v) is 17.7. The molecule has 8 heteroatoms. The van der Waals surface area contributed by atoms with E-state index < -0.39 is 0 Å². The minimum absolute atomic E-state index is 0.0439. The predicted octanol–water partition coefficient (Wildman–Crippen LogP) is 3.69. The smallest absolute Gasteiger partial charge is 0.237 e. The Morgan fingerprint density at radius 2 is 2.07 bits per heavy atom. The molecule has 0 saturated carbocycles. The molecule has 4 rings (SSSR count). The van der Waals surface area contributed by atoms with Crippen molar-refractivity contribution in [3.05, 3.63) is 65.3 Å². The van der Waals surface area contributed by atoms with E-state index in [1.54, 1.807) is 17.1 Å². The van der Waals surface area contributed by atoms with Gasteiger partial charge in [-0.2, -0.15) is 4.98 Å². The number of hydrogen-bond acceptors (Lipinski definition) is 5. The number of nitrogens with one attached hydrogen (secondary N) is 1. The molecule has 3 aromatic rings. The summed E-state index contributed by atoms with van der Waals surface area (Å²) in [6.45, 7) is 3.35. The summed E-state index contributed by atoms with van der Waals surface area (Å²) in [7, 11) is 0. The van der Waals surface area contributed by atoms with E-state index >= 15 is 0 Å². The first-order chi connectivity index (χ1) is 14.6. The van der Waals surface area contributed by atoms with Gasteiger partial charge in [0.2, 0.25) is 11.9 Å². The summed E-state index contributed by atoms with van der Waals surface area (Å²) in [5, 5.41) is 3.72. The molecule has 1 unspecified atom stereocenters. The number of benzene rings is 1. The lowest BCUT2D eigenvalue weighted by Crippen LogP contribution is -2.43. The highest BCUT2D eigenvalue weighted by Crippen LogP contribution is 2.26. The summed E-state index contributed by atoms with van der Waals surface area (Å²) in [4.78, 5) is 28.3. The monoisotopic (exact) mass is 424 g/mol. The maximum atomic E-state index is 12.6. The number of amides is 1. The molecule has 1 aromatic carbocycles. The quantitative estimate of drug-likeness (QED) is 0.653. The van der Waals surface area contributed by atoms with E-state index in [2.05, 4.69) is 20.2 Å². The number of imidazole rings is 1. The zero-order valence-electron chi connectivity index (χ0n) is 17.0. The van der Waals surface area contributed by atoms with E-state index in [9.17, 15) is 4.79 Å². The Balaban J connectivity index is 1.45. The van der Waals surface area contributed by atoms with Crippen LogP contribution in [0, 0.1) is 6.92 Å². The van der Waals surface area contributed by atoms with Crippen LogP contribution in [0.25, 0.3) is 5.95 Å². The molecule has 0 bridgehead atoms. The van der Waals surface area contributed by atoms with Crippen molar-refractivity contribution >= 4 is 23.3 Å². The molecule has 1 atom stereocenters. The van der Waals surface area contributed by atoms with Crippen molar-refractivity contribution in [3.8, 4) is 5.95 Å². The van der Waals surface area contributed by atoms with Crippen LogP contribution < -0.4 is 10.2 Å². The first-order valence-corrected chi connectivity index (χ1v) is 10.6. The predicted molar refractivity (Wildman–Crippen MR) is 117 cm³/mol. The van der Waals surface area contributed by atoms with Crippen LogP contribution in [-0.2, 0) is 11.3 Å². The van der Waals surface area contributed by atoms with Crippen molar-refractivity contribution in [2.75, 3.05) is 11.4 Å². The SMILES string of the molecule is Cc1cc(N2CCCCC2CC(=O)NCc2ccc(Cl)cc2)nc(-n2ccnc2)n1. The first-order valence-electron chi connectivity index (χ1n) is 10.2. The molecule has 0 radical (unpaired) electrons. The van der Waals surface area contributed by atoms with Crippen LogP contribution in [0.3, 0.4) is 0 Å². The van der Waals surface area contributed by atoms with Gasteiger partial charge in [0.05, 0.1) is 0 Å². The van der Waals surface area contributed by atoms with Crippen molar-refractivity contribution in [1.82, 2.24) is 24.8 Å². The van der Waals surface area contributed by atoms with Gasteiger partial charge in [-0.15, -0.1) is 0 Å². The molecule has 0 spiro atoms. The lowest BCUT2D eigenvalue weighted by Gasteiger charge is -2.36. The molecule has 1 aliphatic heterocycles. The average Bonchev–Trinajstić information content (AvgIpc) is 3.28. The van der Waals surface area contributed by atoms with Gasteiger partial charge in [0.15, 0.2) is 0 Å². The second-order valence-corrected chi connectivity index (χ2v) is 8.02. The van der Waals surface area contributed by atoms with Crippen molar-refractivity contribution in [3.63, 3.8) is 0 Å². The summed E-state index contributed by atoms with van der Waals surface area (Å²) in [6.07, 6.45) is 8.85. The van der Waals surface area contributed by atoms with E-state index in [0.717, 1.165) is 42.9 Å². The average molecular weight is 425 g/mol. The van der Waals surface area contributed by atoms with E-state index in [-0.39, 0.29) is 11.9 Å². The van der Waals surface area contributed by atoms with Gasteiger partial charge >= 0.3 is 0 Å². The van der Waals surface area contributed by atoms with Crippen LogP contribution in [-0.4, -0.2) is 38.0 Å². The number of aryl methyl sites for hydroxylation is 1. The number of rotatable bonds is 6. The third-order valence-electron chi connectivity index (χ3n) is 5.31. The second-order valence-electron chi connectivity index (χ2n) is 7.59. The number of hydrogen-bond donors (Lipinski definition) is 1. The molecular weight excluding hydrogens is 400 g/mol. The zero-order chi connectivity index (χ0) is 20.9. The topological polar surface area (TPSA) is 75.9 Å². The van der Waals surface area contributed by atoms with Gasteiger partial charge in [-0.25, -0.2) is 9.97 Å². The van der Waals surface area contributed by atoms with Crippen molar-refractivity contribution in [1.29, 1.82) is 0 Å². The third-order valence-corrected chi connectivity index (χ3v) is 5.56. The highest BCUT2D eigenvalue weighted by Gasteiger charge is 2.26. The van der Waals surface area contributed by atoms with E-state index in [4.69, 9.17) is 16.6 Å². The number of carbonyl (C=O) groups excluding carboxylic acids is 1. The molecule has 1 fully saturated rings. The van der Waals surface area contributed by atoms with Crippen LogP contribution in [0.5, 0.6) is 0 Å². The summed E-state index contributed by atoms with van der Waals surface area (Å²) in [5.74, 6) is 1.50. The summed E-state index contributed by atoms with van der Waals surface area (Å²) < 4.78 is 1.80. The van der Waals surface area contributed by atoms with Gasteiger partial charge in [-0.05, 0) is 43.9 Å². The fourth-order valence-electron chi connectivity index (χ4n) is 3.78. The van der Waals surface area contributed by atoms with Gasteiger partial charge in [0, 0.05) is 54.7 Å². The molecule has 30 heavy (non-hydrogen) atoms. The Labute approximate surface area is 181 Å². The molecule has 3 heterocycles. The van der Waals surface area contributed by atoms with Gasteiger partial charge in [-0.1, -0.05) is 23.7 Å². The Morgan fingerprint density at radius 3 is 2.83 bits per heavy atom. The van der Waals surface area contributed by atoms with E-state index in [1.807, 2.05) is 43.5 Å². The number of anilines is 1. The molecule has 156 valence electrons. The largest absolute Gasteiger partial charge is 0.353 e. The summed E-state index contributed by atoms with van der Waals surface area (Å²) in [5.41, 5.74) is 1.92. The minimum atomic E-state index is 0.0439. The number of nitrogens with zero attached hydrogens (tertiary/aromatic N) is 5. The lowest BCUT2D eigenvalue weighted by molar-refractivity contribution is -0.121. The number of carbonyl (C=O) groups is 1. The van der Waals surface area contributed by atoms with Crippen molar-refractivity contribution in [2.45, 2.75) is 45.2 Å². The number of halogens is 1. The molecule has 2 aromatic heterocycles. The molecule has 1 amide bonds. The molecule has 7 nitrogen and oxygen atoms in total. The maximum Gasteiger partial charge on any atom is 0.237 e. The summed E-state index contributed by atoms with van der Waals surface area (Å²) in [6, 6.07) is 9.63. The minimum Gasteiger partial charge on any atom is -0.353 e. The van der Waals surface area contributed by atoms with Gasteiger partial charge in [-0.3, -0.25) is 9.36 Å². The molecule has 0 aliphatic carbocycles. The fourth-order valence-corrected chi connectivity index (χ4v) is 3.91. The second kappa shape index (κ2) is 9.26. The van der Waals surface area contributed by atoms with Crippen LogP contribution >= 0.6 is 11.6 Å². The van der Waals surface area contributed by atoms with Crippen LogP contribution in [0.2, 0.25) is 5.02 Å². The van der Waals surface area contributed by atoms with Crippen LogP contribution in [0.1, 0.15) is 36.9 Å². The molecular formula is C22H25ClN6O. The Morgan fingerprint density at radius 1 is 1.23 bits per heavy atom. The Bertz CT molecular complexity index is 989. The lowest BCUT2D eigenvalue weighted by atomic mass is 9.99. The Hall–Kier alpha value is -2.93. The van der Waals surface area contributed by atoms with E-state index in [0.29, 0.717) is 23.9 Å². The maximum absolute atomic E-state index is 12.6. The number of piperidine rings is 1. The van der Waals surface area contributed by atoms with Crippen LogP contribution in [0.4, 0.5) is 5.82 Å². The molecule has 1 aliphatic rings. The first kappa shape index (κ1) is 20.3. The highest BCUT2D eigenvalue weighted by atomic mass is 35.5. The standard InChI is InChI=1S/C22H25ClN6O/c1-16-12-20(27-22(26-16)28-11-9-24-15-28)29-10-3-2-4-19(29)13-21(30)25-14-17-5-7-18(23)8-6-17/h5-9,11-12,15,19H,2-4,10,13-14H2,1H3,(H,25,30). The van der Waals surface area contributed by atoms with Gasteiger partial charge in [0.25, 0.3) is 0 Å². The fraction of sp³-hybridized carbons (Fsp3) is 0.364. The molecule has 1 N–H and O–H groups in total.